The van der Waals surface area contributed by atoms with E-state index in [1.807, 2.05) is 0 Å². The number of aromatic nitrogens is 4. The Morgan fingerprint density at radius 3 is 2.48 bits per heavy atom. The Kier molecular flexibility index (Phi) is 7.21. The molecule has 1 saturated heterocycles. The zero-order valence-corrected chi connectivity index (χ0v) is 23.1. The number of carbonyl (C=O) groups excluding carboxylic acids is 2. The maximum atomic E-state index is 15.5. The molecule has 1 aliphatic rings. The van der Waals surface area contributed by atoms with E-state index >= 15 is 4.39 Å². The Hall–Kier alpha value is -4.62. The third kappa shape index (κ3) is 5.01. The largest absolute Gasteiger partial charge is 0.365 e. The maximum Gasteiger partial charge on any atom is 0.262 e. The molecular formula is C29H24F3N7O2S. The molecule has 1 fully saturated rings. The van der Waals surface area contributed by atoms with E-state index in [4.69, 9.17) is 5.73 Å². The third-order valence-corrected chi connectivity index (χ3v) is 8.33. The van der Waals surface area contributed by atoms with Crippen molar-refractivity contribution in [2.24, 2.45) is 12.8 Å². The first kappa shape index (κ1) is 27.5. The highest BCUT2D eigenvalue weighted by molar-refractivity contribution is 7.22. The first-order valence-corrected chi connectivity index (χ1v) is 13.9. The SMILES string of the molecule is Cn1cc(-c2ccc(C(=O)N(c3nccc4sc(-c5cc(F)c(C(N)=O)c(F)c5)cc34)[C@@H]3CCCNC3)c(F)c2)nn1. The molecule has 0 unspecified atom stereocenters. The number of hydrogen-bond donors (Lipinski definition) is 2. The number of primary amides is 1. The van der Waals surface area contributed by atoms with Gasteiger partial charge in [-0.2, -0.15) is 0 Å². The van der Waals surface area contributed by atoms with Crippen molar-refractivity contribution in [2.75, 3.05) is 18.0 Å². The standard InChI is InChI=1S/C29H24F3N7O2S/c1-38-14-23(36-37-38)15-4-5-18(20(30)9-15)29(41)39(17-3-2-7-34-13-17)28-19-12-25(42-24(19)6-8-35-28)16-10-21(31)26(27(33)40)22(32)11-16/h4-6,8-12,14,17,34H,2-3,7,13H2,1H3,(H2,33,40)/t17-/m1/s1. The lowest BCUT2D eigenvalue weighted by molar-refractivity contribution is 0.0965. The predicted octanol–water partition coefficient (Wildman–Crippen LogP) is 4.67. The van der Waals surface area contributed by atoms with Gasteiger partial charge in [0.05, 0.1) is 17.8 Å². The second-order valence-electron chi connectivity index (χ2n) is 9.98. The summed E-state index contributed by atoms with van der Waals surface area (Å²) >= 11 is 1.24. The van der Waals surface area contributed by atoms with E-state index in [-0.39, 0.29) is 17.2 Å². The number of anilines is 1. The molecule has 0 saturated carbocycles. The number of pyridine rings is 1. The third-order valence-electron chi connectivity index (χ3n) is 7.18. The van der Waals surface area contributed by atoms with Crippen molar-refractivity contribution in [1.29, 1.82) is 0 Å². The van der Waals surface area contributed by atoms with E-state index < -0.39 is 34.8 Å². The summed E-state index contributed by atoms with van der Waals surface area (Å²) in [7, 11) is 1.70. The minimum absolute atomic E-state index is 0.131. The van der Waals surface area contributed by atoms with Crippen LogP contribution in [0.5, 0.6) is 0 Å². The van der Waals surface area contributed by atoms with Crippen LogP contribution in [-0.2, 0) is 7.05 Å². The molecule has 3 N–H and O–H groups in total. The summed E-state index contributed by atoms with van der Waals surface area (Å²) in [4.78, 5) is 32.1. The second kappa shape index (κ2) is 11.0. The summed E-state index contributed by atoms with van der Waals surface area (Å²) in [5, 5.41) is 11.7. The number of nitrogens with two attached hydrogens (primary N) is 1. The summed E-state index contributed by atoms with van der Waals surface area (Å²) in [6, 6.07) is 9.48. The van der Waals surface area contributed by atoms with Crippen LogP contribution in [0.15, 0.2) is 54.9 Å². The van der Waals surface area contributed by atoms with Crippen molar-refractivity contribution in [1.82, 2.24) is 25.3 Å². The van der Waals surface area contributed by atoms with Crippen molar-refractivity contribution < 1.29 is 22.8 Å². The number of fused-ring (bicyclic) bond motifs is 1. The van der Waals surface area contributed by atoms with Gasteiger partial charge in [-0.3, -0.25) is 19.2 Å². The van der Waals surface area contributed by atoms with E-state index in [9.17, 15) is 18.4 Å². The fourth-order valence-electron chi connectivity index (χ4n) is 5.18. The Morgan fingerprint density at radius 1 is 1.07 bits per heavy atom. The van der Waals surface area contributed by atoms with Crippen LogP contribution in [0.3, 0.4) is 0 Å². The normalized spacial score (nSPS) is 15.2. The summed E-state index contributed by atoms with van der Waals surface area (Å²) in [6.45, 7) is 1.27. The minimum Gasteiger partial charge on any atom is -0.365 e. The van der Waals surface area contributed by atoms with Crippen molar-refractivity contribution >= 4 is 39.1 Å². The van der Waals surface area contributed by atoms with Crippen LogP contribution in [0.1, 0.15) is 33.6 Å². The minimum atomic E-state index is -1.20. The van der Waals surface area contributed by atoms with E-state index in [0.717, 1.165) is 25.1 Å². The number of hydrogen-bond acceptors (Lipinski definition) is 7. The van der Waals surface area contributed by atoms with Crippen LogP contribution in [0.2, 0.25) is 0 Å². The van der Waals surface area contributed by atoms with Crippen molar-refractivity contribution in [3.8, 4) is 21.7 Å². The fraction of sp³-hybridized carbons (Fsp3) is 0.207. The molecule has 1 aliphatic heterocycles. The van der Waals surface area contributed by atoms with Crippen LogP contribution >= 0.6 is 11.3 Å². The van der Waals surface area contributed by atoms with Gasteiger partial charge in [-0.05, 0) is 61.3 Å². The molecule has 0 radical (unpaired) electrons. The average molecular weight is 592 g/mol. The molecular weight excluding hydrogens is 567 g/mol. The number of halogens is 3. The predicted molar refractivity (Wildman–Crippen MR) is 153 cm³/mol. The lowest BCUT2D eigenvalue weighted by atomic mass is 10.0. The molecule has 3 aromatic heterocycles. The van der Waals surface area contributed by atoms with Crippen LogP contribution in [0.25, 0.3) is 31.8 Å². The number of thiophene rings is 1. The average Bonchev–Trinajstić information content (AvgIpc) is 3.60. The van der Waals surface area contributed by atoms with Gasteiger partial charge in [-0.1, -0.05) is 11.3 Å². The lowest BCUT2D eigenvalue weighted by Crippen LogP contribution is -2.49. The molecule has 1 atom stereocenters. The van der Waals surface area contributed by atoms with Crippen molar-refractivity contribution in [2.45, 2.75) is 18.9 Å². The van der Waals surface area contributed by atoms with Gasteiger partial charge in [0.2, 0.25) is 0 Å². The second-order valence-corrected chi connectivity index (χ2v) is 11.1. The molecule has 5 aromatic rings. The van der Waals surface area contributed by atoms with Gasteiger partial charge in [0.25, 0.3) is 11.8 Å². The number of piperidine rings is 1. The molecule has 9 nitrogen and oxygen atoms in total. The Labute approximate surface area is 241 Å². The topological polar surface area (TPSA) is 119 Å². The number of benzene rings is 2. The summed E-state index contributed by atoms with van der Waals surface area (Å²) in [6.07, 6.45) is 4.66. The molecule has 0 aliphatic carbocycles. The Bertz CT molecular complexity index is 1830. The Morgan fingerprint density at radius 2 is 1.83 bits per heavy atom. The summed E-state index contributed by atoms with van der Waals surface area (Å²) < 4.78 is 46.8. The van der Waals surface area contributed by atoms with Crippen LogP contribution in [0, 0.1) is 17.5 Å². The Balaban J connectivity index is 1.43. The van der Waals surface area contributed by atoms with E-state index in [1.54, 1.807) is 37.6 Å². The molecule has 2 amide bonds. The van der Waals surface area contributed by atoms with Crippen molar-refractivity contribution in [3.05, 3.63) is 83.4 Å². The molecule has 2 aromatic carbocycles. The van der Waals surface area contributed by atoms with Crippen LogP contribution < -0.4 is 16.0 Å². The van der Waals surface area contributed by atoms with E-state index in [0.29, 0.717) is 45.0 Å². The number of amides is 2. The molecule has 4 heterocycles. The number of rotatable bonds is 6. The smallest absolute Gasteiger partial charge is 0.262 e. The highest BCUT2D eigenvalue weighted by atomic mass is 32.1. The van der Waals surface area contributed by atoms with E-state index in [1.165, 1.54) is 33.1 Å². The van der Waals surface area contributed by atoms with Gasteiger partial charge in [0.1, 0.15) is 34.5 Å². The fourth-order valence-corrected chi connectivity index (χ4v) is 6.22. The van der Waals surface area contributed by atoms with Gasteiger partial charge in [0, 0.05) is 40.3 Å². The first-order valence-electron chi connectivity index (χ1n) is 13.1. The number of aryl methyl sites for hydroxylation is 1. The van der Waals surface area contributed by atoms with Gasteiger partial charge in [0.15, 0.2) is 0 Å². The van der Waals surface area contributed by atoms with Gasteiger partial charge in [-0.25, -0.2) is 18.2 Å². The zero-order valence-electron chi connectivity index (χ0n) is 22.3. The summed E-state index contributed by atoms with van der Waals surface area (Å²) in [5.74, 6) is -4.32. The molecule has 6 rings (SSSR count). The molecule has 13 heteroatoms. The lowest BCUT2D eigenvalue weighted by Gasteiger charge is -2.34. The van der Waals surface area contributed by atoms with E-state index in [2.05, 4.69) is 20.6 Å². The number of nitrogens with one attached hydrogen (secondary N) is 1. The zero-order chi connectivity index (χ0) is 29.5. The van der Waals surface area contributed by atoms with Gasteiger partial charge < -0.3 is 11.1 Å². The molecule has 214 valence electrons. The summed E-state index contributed by atoms with van der Waals surface area (Å²) in [5.41, 5.74) is 5.32. The first-order chi connectivity index (χ1) is 20.2. The number of nitrogens with zero attached hydrogens (tertiary/aromatic N) is 5. The van der Waals surface area contributed by atoms with Gasteiger partial charge in [-0.15, -0.1) is 16.4 Å². The van der Waals surface area contributed by atoms with Crippen LogP contribution in [-0.4, -0.2) is 50.9 Å². The monoisotopic (exact) mass is 591 g/mol. The highest BCUT2D eigenvalue weighted by Gasteiger charge is 2.32. The molecule has 0 spiro atoms. The highest BCUT2D eigenvalue weighted by Crippen LogP contribution is 2.39. The number of carbonyl (C=O) groups is 2. The van der Waals surface area contributed by atoms with Gasteiger partial charge >= 0.3 is 0 Å². The maximum absolute atomic E-state index is 15.5. The van der Waals surface area contributed by atoms with Crippen molar-refractivity contribution in [3.63, 3.8) is 0 Å². The molecule has 42 heavy (non-hydrogen) atoms. The quantitative estimate of drug-likeness (QED) is 0.296. The van der Waals surface area contributed by atoms with Crippen LogP contribution in [0.4, 0.5) is 19.0 Å². The molecule has 0 bridgehead atoms.